The van der Waals surface area contributed by atoms with Gasteiger partial charge in [-0.3, -0.25) is 4.79 Å². The number of hydrogen-bond donors (Lipinski definition) is 0. The highest BCUT2D eigenvalue weighted by Crippen LogP contribution is 2.48. The molecule has 0 bridgehead atoms. The van der Waals surface area contributed by atoms with Crippen LogP contribution in [-0.2, 0) is 0 Å². The Morgan fingerprint density at radius 1 is 0.442 bits per heavy atom. The van der Waals surface area contributed by atoms with Gasteiger partial charge < -0.3 is 23.7 Å². The Bertz CT molecular complexity index is 1270. The van der Waals surface area contributed by atoms with Gasteiger partial charge in [0.15, 0.2) is 29.3 Å². The largest absolute Gasteiger partial charge is 0.490 e. The highest BCUT2D eigenvalue weighted by Gasteiger charge is 2.22. The van der Waals surface area contributed by atoms with Crippen LogP contribution >= 0.6 is 0 Å². The van der Waals surface area contributed by atoms with Crippen molar-refractivity contribution in [2.24, 2.45) is 0 Å². The zero-order valence-electron chi connectivity index (χ0n) is 27.4. The summed E-state index contributed by atoms with van der Waals surface area (Å²) in [5.41, 5.74) is 0.581. The third-order valence-electron chi connectivity index (χ3n) is 7.61. The van der Waals surface area contributed by atoms with E-state index in [0.717, 1.165) is 105 Å². The van der Waals surface area contributed by atoms with Crippen molar-refractivity contribution in [1.82, 2.24) is 0 Å². The van der Waals surface area contributed by atoms with Crippen LogP contribution in [0.5, 0.6) is 28.7 Å². The number of ether oxygens (including phenoxy) is 5. The van der Waals surface area contributed by atoms with Crippen LogP contribution < -0.4 is 23.7 Å². The van der Waals surface area contributed by atoms with E-state index in [1.165, 1.54) is 0 Å². The maximum atomic E-state index is 12.5. The van der Waals surface area contributed by atoms with E-state index in [0.29, 0.717) is 67.3 Å². The van der Waals surface area contributed by atoms with Crippen LogP contribution in [0.1, 0.15) is 122 Å². The summed E-state index contributed by atoms with van der Waals surface area (Å²) in [6.07, 6.45) is 13.2. The summed E-state index contributed by atoms with van der Waals surface area (Å²) in [5, 5.41) is 3.52. The second-order valence-electron chi connectivity index (χ2n) is 11.3. The normalized spacial score (nSPS) is 11.2. The minimum Gasteiger partial charge on any atom is -0.490 e. The molecule has 0 aliphatic heterocycles. The molecule has 3 aromatic rings. The van der Waals surface area contributed by atoms with E-state index in [-0.39, 0.29) is 0 Å². The van der Waals surface area contributed by atoms with Crippen molar-refractivity contribution in [3.05, 3.63) is 29.8 Å². The summed E-state index contributed by atoms with van der Waals surface area (Å²) in [6.45, 7) is 13.7. The Labute approximate surface area is 259 Å². The Morgan fingerprint density at radius 3 is 1.40 bits per heavy atom. The minimum absolute atomic E-state index is 0.555. The molecule has 3 aromatic carbocycles. The third kappa shape index (κ3) is 9.67. The monoisotopic (exact) mass is 594 g/mol. The average Bonchev–Trinajstić information content (AvgIpc) is 3.02. The summed E-state index contributed by atoms with van der Waals surface area (Å²) in [5.74, 6) is 3.32. The second kappa shape index (κ2) is 19.2. The lowest BCUT2D eigenvalue weighted by Gasteiger charge is -2.21. The van der Waals surface area contributed by atoms with E-state index in [1.54, 1.807) is 0 Å². The lowest BCUT2D eigenvalue weighted by Crippen LogP contribution is -2.07. The van der Waals surface area contributed by atoms with Crippen LogP contribution in [0, 0.1) is 0 Å². The van der Waals surface area contributed by atoms with E-state index in [9.17, 15) is 4.79 Å². The SMILES string of the molecule is CCCCCOc1cc2c(C=O)cc3c(OCCCC)c(OCCCC)c(OCCCC)cc3c2cc1OCCCCC. The second-order valence-corrected chi connectivity index (χ2v) is 11.3. The number of benzene rings is 3. The summed E-state index contributed by atoms with van der Waals surface area (Å²) < 4.78 is 31.8. The fraction of sp³-hybridized carbons (Fsp3) is 0.595. The topological polar surface area (TPSA) is 63.2 Å². The first-order chi connectivity index (χ1) is 21.1. The number of unbranched alkanes of at least 4 members (excludes halogenated alkanes) is 7. The van der Waals surface area contributed by atoms with Crippen molar-refractivity contribution in [1.29, 1.82) is 0 Å². The molecule has 43 heavy (non-hydrogen) atoms. The molecule has 0 heterocycles. The predicted molar refractivity (Wildman–Crippen MR) is 178 cm³/mol. The van der Waals surface area contributed by atoms with Gasteiger partial charge >= 0.3 is 0 Å². The fourth-order valence-corrected chi connectivity index (χ4v) is 4.99. The number of carbonyl (C=O) groups excluding carboxylic acids is 1. The van der Waals surface area contributed by atoms with E-state index >= 15 is 0 Å². The van der Waals surface area contributed by atoms with Crippen LogP contribution in [0.25, 0.3) is 21.5 Å². The molecule has 238 valence electrons. The van der Waals surface area contributed by atoms with E-state index in [4.69, 9.17) is 23.7 Å². The smallest absolute Gasteiger partial charge is 0.204 e. The molecule has 3 rings (SSSR count). The van der Waals surface area contributed by atoms with Gasteiger partial charge in [0.1, 0.15) is 0 Å². The van der Waals surface area contributed by atoms with Gasteiger partial charge in [0.05, 0.1) is 33.0 Å². The molecule has 0 aliphatic carbocycles. The highest BCUT2D eigenvalue weighted by atomic mass is 16.5. The first-order valence-corrected chi connectivity index (χ1v) is 16.8. The zero-order valence-corrected chi connectivity index (χ0v) is 27.4. The number of aldehydes is 1. The Hall–Kier alpha value is -3.15. The maximum absolute atomic E-state index is 12.5. The van der Waals surface area contributed by atoms with Crippen molar-refractivity contribution in [3.63, 3.8) is 0 Å². The number of fused-ring (bicyclic) bond motifs is 3. The average molecular weight is 595 g/mol. The molecule has 0 radical (unpaired) electrons. The van der Waals surface area contributed by atoms with Crippen molar-refractivity contribution in [2.45, 2.75) is 112 Å². The van der Waals surface area contributed by atoms with E-state index in [2.05, 4.69) is 40.7 Å². The van der Waals surface area contributed by atoms with Gasteiger partial charge in [-0.15, -0.1) is 0 Å². The predicted octanol–water partition coefficient (Wildman–Crippen LogP) is 10.5. The van der Waals surface area contributed by atoms with Gasteiger partial charge in [-0.1, -0.05) is 79.6 Å². The summed E-state index contributed by atoms with van der Waals surface area (Å²) in [7, 11) is 0. The number of carbonyl (C=O) groups is 1. The quantitative estimate of drug-likeness (QED) is 0.0618. The molecule has 0 spiro atoms. The van der Waals surface area contributed by atoms with Crippen LogP contribution in [0.3, 0.4) is 0 Å². The lowest BCUT2D eigenvalue weighted by molar-refractivity contribution is 0.112. The minimum atomic E-state index is 0.555. The first kappa shape index (κ1) is 34.3. The van der Waals surface area contributed by atoms with Crippen LogP contribution in [0.2, 0.25) is 0 Å². The Balaban J connectivity index is 2.27. The first-order valence-electron chi connectivity index (χ1n) is 16.8. The van der Waals surface area contributed by atoms with Crippen LogP contribution in [-0.4, -0.2) is 39.3 Å². The Morgan fingerprint density at radius 2 is 0.860 bits per heavy atom. The molecule has 0 aliphatic rings. The van der Waals surface area contributed by atoms with E-state index in [1.807, 2.05) is 18.2 Å². The zero-order chi connectivity index (χ0) is 30.9. The van der Waals surface area contributed by atoms with Crippen molar-refractivity contribution >= 4 is 27.8 Å². The molecular weight excluding hydrogens is 540 g/mol. The van der Waals surface area contributed by atoms with Gasteiger partial charge in [-0.05, 0) is 72.5 Å². The number of hydrogen-bond acceptors (Lipinski definition) is 6. The molecule has 0 saturated carbocycles. The molecule has 0 N–H and O–H groups in total. The number of rotatable bonds is 23. The molecular formula is C37H54O6. The molecule has 0 unspecified atom stereocenters. The molecule has 0 saturated heterocycles. The van der Waals surface area contributed by atoms with Crippen molar-refractivity contribution in [3.8, 4) is 28.7 Å². The van der Waals surface area contributed by atoms with Crippen molar-refractivity contribution < 1.29 is 28.5 Å². The van der Waals surface area contributed by atoms with Crippen LogP contribution in [0.15, 0.2) is 24.3 Å². The summed E-state index contributed by atoms with van der Waals surface area (Å²) >= 11 is 0. The molecule has 0 fully saturated rings. The summed E-state index contributed by atoms with van der Waals surface area (Å²) in [4.78, 5) is 12.5. The molecule has 0 atom stereocenters. The van der Waals surface area contributed by atoms with Crippen LogP contribution in [0.4, 0.5) is 0 Å². The molecule has 0 aromatic heterocycles. The van der Waals surface area contributed by atoms with Crippen molar-refractivity contribution in [2.75, 3.05) is 33.0 Å². The Kier molecular flexibility index (Phi) is 15.3. The standard InChI is InChI=1S/C37H54O6/c1-6-11-16-21-39-33-24-29-28(27-38)23-32-31(30(29)25-34(33)40-22-17-12-7-2)26-35(41-18-13-8-3)37(43-20-15-10-5)36(32)42-19-14-9-4/h23-27H,6-22H2,1-5H3. The molecule has 6 nitrogen and oxygen atoms in total. The van der Waals surface area contributed by atoms with Gasteiger partial charge in [0.25, 0.3) is 0 Å². The lowest BCUT2D eigenvalue weighted by atomic mass is 9.95. The third-order valence-corrected chi connectivity index (χ3v) is 7.61. The van der Waals surface area contributed by atoms with Gasteiger partial charge in [0.2, 0.25) is 5.75 Å². The van der Waals surface area contributed by atoms with Gasteiger partial charge in [-0.2, -0.15) is 0 Å². The highest BCUT2D eigenvalue weighted by molar-refractivity contribution is 6.16. The van der Waals surface area contributed by atoms with Gasteiger partial charge in [-0.25, -0.2) is 0 Å². The van der Waals surface area contributed by atoms with E-state index < -0.39 is 0 Å². The molecule has 6 heteroatoms. The van der Waals surface area contributed by atoms with Gasteiger partial charge in [0, 0.05) is 10.9 Å². The summed E-state index contributed by atoms with van der Waals surface area (Å²) in [6, 6.07) is 7.99. The molecule has 0 amide bonds. The maximum Gasteiger partial charge on any atom is 0.204 e. The fourth-order valence-electron chi connectivity index (χ4n) is 4.99.